The number of rotatable bonds is 6. The molecular formula is C50H92N4O. The van der Waals surface area contributed by atoms with Crippen LogP contribution in [0.4, 0.5) is 0 Å². The van der Waals surface area contributed by atoms with Crippen molar-refractivity contribution in [1.29, 1.82) is 0 Å². The number of likely N-dealkylation sites (tertiary alicyclic amines) is 2. The van der Waals surface area contributed by atoms with Crippen molar-refractivity contribution in [2.45, 2.75) is 221 Å². The molecule has 0 bridgehead atoms. The molecule has 0 aliphatic carbocycles. The molecule has 2 aromatic carbocycles. The molecule has 2 unspecified atom stereocenters. The predicted octanol–water partition coefficient (Wildman–Crippen LogP) is 13.6. The van der Waals surface area contributed by atoms with Gasteiger partial charge in [0.15, 0.2) is 0 Å². The second kappa shape index (κ2) is 19.8. The molecule has 0 aromatic heterocycles. The Hall–Kier alpha value is -1.76. The molecule has 0 N–H and O–H groups in total. The third-order valence-electron chi connectivity index (χ3n) is 12.8. The Kier molecular flexibility index (Phi) is 18.4. The first kappa shape index (κ1) is 51.3. The van der Waals surface area contributed by atoms with Crippen LogP contribution >= 0.6 is 0 Å². The van der Waals surface area contributed by atoms with Gasteiger partial charge in [-0.1, -0.05) is 74.5 Å². The van der Waals surface area contributed by atoms with Gasteiger partial charge in [-0.05, 0) is 195 Å². The van der Waals surface area contributed by atoms with Crippen LogP contribution in [0.15, 0.2) is 60.7 Å². The fourth-order valence-corrected chi connectivity index (χ4v) is 7.92. The average molecular weight is 765 g/mol. The number of nitrogens with zero attached hydrogens (tertiary/aromatic N) is 4. The second-order valence-corrected chi connectivity index (χ2v) is 22.4. The molecule has 0 radical (unpaired) electrons. The van der Waals surface area contributed by atoms with Crippen molar-refractivity contribution in [2.75, 3.05) is 21.1 Å². The maximum absolute atomic E-state index is 6.51. The van der Waals surface area contributed by atoms with E-state index in [-0.39, 0.29) is 28.8 Å². The van der Waals surface area contributed by atoms with E-state index in [2.05, 4.69) is 234 Å². The van der Waals surface area contributed by atoms with Gasteiger partial charge in [-0.2, -0.15) is 5.06 Å². The van der Waals surface area contributed by atoms with Gasteiger partial charge < -0.3 is 0 Å². The molecule has 2 aliphatic heterocycles. The Morgan fingerprint density at radius 2 is 0.855 bits per heavy atom. The number of hydrogen-bond acceptors (Lipinski definition) is 5. The van der Waals surface area contributed by atoms with Crippen molar-refractivity contribution in [2.24, 2.45) is 5.92 Å². The van der Waals surface area contributed by atoms with Crippen LogP contribution in [0.5, 0.6) is 0 Å². The van der Waals surface area contributed by atoms with Gasteiger partial charge >= 0.3 is 0 Å². The molecule has 55 heavy (non-hydrogen) atoms. The first-order valence-electron chi connectivity index (χ1n) is 21.5. The van der Waals surface area contributed by atoms with Crippen molar-refractivity contribution < 1.29 is 4.84 Å². The van der Waals surface area contributed by atoms with Crippen LogP contribution in [0.2, 0.25) is 0 Å². The molecule has 2 saturated heterocycles. The van der Waals surface area contributed by atoms with Crippen LogP contribution in [0, 0.1) is 5.92 Å². The molecule has 0 spiro atoms. The highest BCUT2D eigenvalue weighted by Gasteiger charge is 2.41. The van der Waals surface area contributed by atoms with Gasteiger partial charge in [-0.3, -0.25) is 19.5 Å². The summed E-state index contributed by atoms with van der Waals surface area (Å²) in [6.07, 6.45) is 6.73. The standard InChI is InChI=1S/C22H31NO.C10H21N.C9H19N.C9H21N/c1-17(2)21(20-15-11-8-12-16-20)23(22(4,5)6)24-18(3)19-13-9-7-10-14-19;1-9(2)7-6-8-10(3,4)11(9)5;1-8(2)6-7-9(3,4)10(8)5;1-8(2,3)10(7)9(4,5)6/h7-18,21H,1-6H3;6-8H2,1-5H3;6-7H2,1-5H3;1-7H3. The molecule has 4 rings (SSSR count). The smallest absolute Gasteiger partial charge is 0.102 e. The monoisotopic (exact) mass is 765 g/mol. The highest BCUT2D eigenvalue weighted by molar-refractivity contribution is 5.20. The van der Waals surface area contributed by atoms with Gasteiger partial charge in [0.1, 0.15) is 6.10 Å². The molecule has 318 valence electrons. The van der Waals surface area contributed by atoms with E-state index >= 15 is 0 Å². The summed E-state index contributed by atoms with van der Waals surface area (Å²) in [7, 11) is 6.64. The summed E-state index contributed by atoms with van der Waals surface area (Å²) >= 11 is 0. The summed E-state index contributed by atoms with van der Waals surface area (Å²) < 4.78 is 0. The molecule has 5 heteroatoms. The largest absolute Gasteiger partial charge is 0.297 e. The summed E-state index contributed by atoms with van der Waals surface area (Å²) in [5, 5.41) is 2.19. The summed E-state index contributed by atoms with van der Waals surface area (Å²) in [6.45, 7) is 45.3. The summed E-state index contributed by atoms with van der Waals surface area (Å²) in [5.74, 6) is 0.439. The summed E-state index contributed by atoms with van der Waals surface area (Å²) in [6, 6.07) is 21.3. The van der Waals surface area contributed by atoms with Gasteiger partial charge in [0.05, 0.1) is 6.04 Å². The van der Waals surface area contributed by atoms with Crippen molar-refractivity contribution in [3.05, 3.63) is 71.8 Å². The van der Waals surface area contributed by atoms with Crippen LogP contribution in [-0.4, -0.2) is 79.7 Å². The maximum Gasteiger partial charge on any atom is 0.102 e. The predicted molar refractivity (Wildman–Crippen MR) is 244 cm³/mol. The van der Waals surface area contributed by atoms with Gasteiger partial charge in [-0.25, -0.2) is 0 Å². The van der Waals surface area contributed by atoms with Crippen LogP contribution in [-0.2, 0) is 4.84 Å². The lowest BCUT2D eigenvalue weighted by atomic mass is 9.80. The summed E-state index contributed by atoms with van der Waals surface area (Å²) in [4.78, 5) is 13.9. The van der Waals surface area contributed by atoms with Gasteiger partial charge in [0.25, 0.3) is 0 Å². The molecule has 5 nitrogen and oxygen atoms in total. The Bertz CT molecular complexity index is 1310. The van der Waals surface area contributed by atoms with E-state index in [4.69, 9.17) is 4.84 Å². The zero-order valence-corrected chi connectivity index (χ0v) is 40.7. The third kappa shape index (κ3) is 15.8. The Morgan fingerprint density at radius 3 is 1.11 bits per heavy atom. The van der Waals surface area contributed by atoms with E-state index in [1.165, 1.54) is 43.2 Å². The van der Waals surface area contributed by atoms with Crippen molar-refractivity contribution >= 4 is 0 Å². The molecule has 0 amide bonds. The van der Waals surface area contributed by atoms with E-state index in [0.717, 1.165) is 0 Å². The zero-order valence-electron chi connectivity index (χ0n) is 40.7. The number of hydrogen-bond donors (Lipinski definition) is 0. The molecular weight excluding hydrogens is 673 g/mol. The van der Waals surface area contributed by atoms with Gasteiger partial charge in [0.2, 0.25) is 0 Å². The first-order chi connectivity index (χ1) is 24.7. The Morgan fingerprint density at radius 1 is 0.527 bits per heavy atom. The van der Waals surface area contributed by atoms with Crippen molar-refractivity contribution in [1.82, 2.24) is 19.8 Å². The Labute approximate surface area is 343 Å². The number of hydroxylamine groups is 2. The van der Waals surface area contributed by atoms with Crippen LogP contribution < -0.4 is 0 Å². The first-order valence-corrected chi connectivity index (χ1v) is 21.5. The van der Waals surface area contributed by atoms with E-state index in [0.29, 0.717) is 28.1 Å². The molecule has 0 saturated carbocycles. The SMILES string of the molecule is CC(ON(C(c1ccccc1)C(C)C)C(C)(C)C)c1ccccc1.CN(C(C)(C)C)C(C)(C)C.CN1C(C)(C)CCC1(C)C.CN1C(C)(C)CCCC1(C)C. The minimum Gasteiger partial charge on any atom is -0.297 e. The number of benzene rings is 2. The fourth-order valence-electron chi connectivity index (χ4n) is 7.92. The molecule has 2 fully saturated rings. The average Bonchev–Trinajstić information content (AvgIpc) is 3.24. The van der Waals surface area contributed by atoms with Crippen LogP contribution in [0.1, 0.15) is 194 Å². The maximum atomic E-state index is 6.51. The highest BCUT2D eigenvalue weighted by atomic mass is 16.7. The normalized spacial score (nSPS) is 20.8. The van der Waals surface area contributed by atoms with Crippen LogP contribution in [0.25, 0.3) is 0 Å². The van der Waals surface area contributed by atoms with Crippen molar-refractivity contribution in [3.63, 3.8) is 0 Å². The van der Waals surface area contributed by atoms with E-state index in [9.17, 15) is 0 Å². The second-order valence-electron chi connectivity index (χ2n) is 22.4. The fraction of sp³-hybridized carbons (Fsp3) is 0.760. The lowest BCUT2D eigenvalue weighted by Gasteiger charge is -2.50. The van der Waals surface area contributed by atoms with Gasteiger partial charge in [-0.15, -0.1) is 0 Å². The molecule has 2 atom stereocenters. The third-order valence-corrected chi connectivity index (χ3v) is 12.8. The quantitative estimate of drug-likeness (QED) is 0.273. The topological polar surface area (TPSA) is 22.2 Å². The highest BCUT2D eigenvalue weighted by Crippen LogP contribution is 2.39. The molecule has 2 aromatic rings. The minimum atomic E-state index is -0.103. The van der Waals surface area contributed by atoms with Crippen molar-refractivity contribution in [3.8, 4) is 0 Å². The van der Waals surface area contributed by atoms with E-state index in [1.54, 1.807) is 0 Å². The minimum absolute atomic E-state index is 0.00962. The lowest BCUT2D eigenvalue weighted by Crippen LogP contribution is -2.56. The number of piperidine rings is 1. The van der Waals surface area contributed by atoms with E-state index < -0.39 is 0 Å². The zero-order chi connectivity index (χ0) is 43.0. The van der Waals surface area contributed by atoms with Crippen LogP contribution in [0.3, 0.4) is 0 Å². The lowest BCUT2D eigenvalue weighted by molar-refractivity contribution is -0.272. The van der Waals surface area contributed by atoms with Gasteiger partial charge in [0, 0.05) is 38.8 Å². The van der Waals surface area contributed by atoms with E-state index in [1.807, 2.05) is 6.07 Å². The molecule has 2 aliphatic rings. The Balaban J connectivity index is 0.000000407. The summed E-state index contributed by atoms with van der Waals surface area (Å²) in [5.41, 5.74) is 4.59. The molecule has 2 heterocycles.